The zero-order valence-corrected chi connectivity index (χ0v) is 13.1. The maximum absolute atomic E-state index is 12.2. The predicted octanol–water partition coefficient (Wildman–Crippen LogP) is 4.63. The summed E-state index contributed by atoms with van der Waals surface area (Å²) in [6.07, 6.45) is 4.71. The second-order valence-corrected chi connectivity index (χ2v) is 6.33. The Bertz CT molecular complexity index is 955. The normalized spacial score (nSPS) is 15.5. The summed E-state index contributed by atoms with van der Waals surface area (Å²) in [7, 11) is 0. The van der Waals surface area contributed by atoms with Crippen LogP contribution in [-0.2, 0) is 0 Å². The molecule has 1 aliphatic carbocycles. The Kier molecular flexibility index (Phi) is 3.42. The van der Waals surface area contributed by atoms with Crippen LogP contribution >= 0.6 is 11.6 Å². The quantitative estimate of drug-likeness (QED) is 0.550. The molecular formula is C18H15ClO4. The fourth-order valence-electron chi connectivity index (χ4n) is 3.19. The second kappa shape index (κ2) is 5.46. The van der Waals surface area contributed by atoms with Crippen molar-refractivity contribution < 1.29 is 14.3 Å². The molecule has 23 heavy (non-hydrogen) atoms. The number of aromatic hydroxyl groups is 1. The molecule has 4 rings (SSSR count). The Morgan fingerprint density at radius 1 is 1.09 bits per heavy atom. The van der Waals surface area contributed by atoms with Gasteiger partial charge in [0.05, 0.1) is 16.5 Å². The van der Waals surface area contributed by atoms with E-state index < -0.39 is 5.63 Å². The van der Waals surface area contributed by atoms with Gasteiger partial charge in [0.15, 0.2) is 0 Å². The van der Waals surface area contributed by atoms with Gasteiger partial charge in [-0.05, 0) is 49.9 Å². The zero-order chi connectivity index (χ0) is 16.0. The van der Waals surface area contributed by atoms with Gasteiger partial charge < -0.3 is 14.3 Å². The van der Waals surface area contributed by atoms with Gasteiger partial charge in [0.25, 0.3) is 0 Å². The smallest absolute Gasteiger partial charge is 0.344 e. The number of rotatable bonds is 2. The molecule has 0 saturated heterocycles. The third-order valence-corrected chi connectivity index (χ3v) is 4.66. The van der Waals surface area contributed by atoms with Crippen molar-refractivity contribution in [1.29, 1.82) is 0 Å². The zero-order valence-electron chi connectivity index (χ0n) is 12.3. The lowest BCUT2D eigenvalue weighted by Gasteiger charge is -2.13. The van der Waals surface area contributed by atoms with Gasteiger partial charge in [-0.2, -0.15) is 0 Å². The molecular weight excluding hydrogens is 316 g/mol. The number of halogens is 1. The molecule has 0 bridgehead atoms. The number of hydrogen-bond donors (Lipinski definition) is 1. The maximum atomic E-state index is 12.2. The molecule has 1 fully saturated rings. The molecule has 1 saturated carbocycles. The highest BCUT2D eigenvalue weighted by Crippen LogP contribution is 2.33. The van der Waals surface area contributed by atoms with E-state index in [1.165, 1.54) is 18.9 Å². The predicted molar refractivity (Wildman–Crippen MR) is 89.5 cm³/mol. The van der Waals surface area contributed by atoms with Crippen molar-refractivity contribution in [1.82, 2.24) is 0 Å². The highest BCUT2D eigenvalue weighted by atomic mass is 35.5. The molecule has 5 heteroatoms. The van der Waals surface area contributed by atoms with Crippen LogP contribution in [0.3, 0.4) is 0 Å². The van der Waals surface area contributed by atoms with Crippen LogP contribution in [0, 0.1) is 0 Å². The first kappa shape index (κ1) is 14.4. The van der Waals surface area contributed by atoms with Crippen molar-refractivity contribution in [3.05, 3.63) is 45.8 Å². The Labute approximate surface area is 137 Å². The molecule has 1 N–H and O–H groups in total. The lowest BCUT2D eigenvalue weighted by atomic mass is 10.1. The van der Waals surface area contributed by atoms with Crippen LogP contribution in [0.1, 0.15) is 25.7 Å². The van der Waals surface area contributed by atoms with Crippen molar-refractivity contribution in [2.75, 3.05) is 0 Å². The van der Waals surface area contributed by atoms with Crippen molar-refractivity contribution in [3.8, 4) is 11.5 Å². The molecule has 0 amide bonds. The molecule has 1 aliphatic rings. The van der Waals surface area contributed by atoms with Gasteiger partial charge in [-0.3, -0.25) is 0 Å². The number of fused-ring (bicyclic) bond motifs is 3. The van der Waals surface area contributed by atoms with E-state index in [0.717, 1.165) is 18.2 Å². The van der Waals surface area contributed by atoms with Crippen molar-refractivity contribution in [3.63, 3.8) is 0 Å². The first-order valence-electron chi connectivity index (χ1n) is 7.67. The maximum Gasteiger partial charge on any atom is 0.344 e. The topological polar surface area (TPSA) is 59.7 Å². The average Bonchev–Trinajstić information content (AvgIpc) is 3.03. The summed E-state index contributed by atoms with van der Waals surface area (Å²) in [6, 6.07) is 8.39. The van der Waals surface area contributed by atoms with E-state index in [4.69, 9.17) is 20.8 Å². The Hall–Kier alpha value is -2.20. The molecule has 0 unspecified atom stereocenters. The van der Waals surface area contributed by atoms with Gasteiger partial charge in [0.2, 0.25) is 0 Å². The molecule has 1 aromatic heterocycles. The molecule has 1 heterocycles. The van der Waals surface area contributed by atoms with Crippen molar-refractivity contribution in [2.24, 2.45) is 0 Å². The van der Waals surface area contributed by atoms with Crippen LogP contribution < -0.4 is 10.4 Å². The minimum Gasteiger partial charge on any atom is -0.506 e. The number of hydrogen-bond acceptors (Lipinski definition) is 4. The van der Waals surface area contributed by atoms with Crippen LogP contribution in [0.25, 0.3) is 21.7 Å². The SMILES string of the molecule is O=c1oc2cc(O)c(Cl)cc2c2ccc(OC3CCCC3)cc12. The molecule has 0 spiro atoms. The minimum absolute atomic E-state index is 0.108. The van der Waals surface area contributed by atoms with Crippen LogP contribution in [-0.4, -0.2) is 11.2 Å². The van der Waals surface area contributed by atoms with Crippen LogP contribution in [0.5, 0.6) is 11.5 Å². The third-order valence-electron chi connectivity index (χ3n) is 4.36. The van der Waals surface area contributed by atoms with E-state index in [1.54, 1.807) is 12.1 Å². The minimum atomic E-state index is -0.453. The van der Waals surface area contributed by atoms with Crippen molar-refractivity contribution >= 4 is 33.3 Å². The molecule has 2 aromatic carbocycles. The van der Waals surface area contributed by atoms with Crippen LogP contribution in [0.4, 0.5) is 0 Å². The summed E-state index contributed by atoms with van der Waals surface area (Å²) in [5.74, 6) is 0.573. The summed E-state index contributed by atoms with van der Waals surface area (Å²) in [5.41, 5.74) is -0.139. The lowest BCUT2D eigenvalue weighted by molar-refractivity contribution is 0.210. The summed E-state index contributed by atoms with van der Waals surface area (Å²) in [4.78, 5) is 12.2. The van der Waals surface area contributed by atoms with Gasteiger partial charge in [-0.15, -0.1) is 0 Å². The second-order valence-electron chi connectivity index (χ2n) is 5.92. The van der Waals surface area contributed by atoms with E-state index in [2.05, 4.69) is 0 Å². The monoisotopic (exact) mass is 330 g/mol. The van der Waals surface area contributed by atoms with Gasteiger partial charge >= 0.3 is 5.63 Å². The highest BCUT2D eigenvalue weighted by molar-refractivity contribution is 6.33. The van der Waals surface area contributed by atoms with Gasteiger partial charge in [0, 0.05) is 16.8 Å². The Balaban J connectivity index is 1.88. The fraction of sp³-hybridized carbons (Fsp3) is 0.278. The summed E-state index contributed by atoms with van der Waals surface area (Å²) >= 11 is 5.98. The Morgan fingerprint density at radius 3 is 2.65 bits per heavy atom. The molecule has 3 aromatic rings. The molecule has 0 atom stereocenters. The van der Waals surface area contributed by atoms with E-state index in [1.807, 2.05) is 12.1 Å². The summed E-state index contributed by atoms with van der Waals surface area (Å²) in [5, 5.41) is 11.8. The fourth-order valence-corrected chi connectivity index (χ4v) is 3.36. The van der Waals surface area contributed by atoms with Crippen LogP contribution in [0.15, 0.2) is 39.5 Å². The lowest BCUT2D eigenvalue weighted by Crippen LogP contribution is -2.11. The average molecular weight is 331 g/mol. The number of phenols is 1. The first-order chi connectivity index (χ1) is 11.1. The molecule has 4 nitrogen and oxygen atoms in total. The van der Waals surface area contributed by atoms with E-state index in [-0.39, 0.29) is 16.9 Å². The van der Waals surface area contributed by atoms with Gasteiger partial charge in [-0.1, -0.05) is 11.6 Å². The highest BCUT2D eigenvalue weighted by Gasteiger charge is 2.17. The molecule has 0 aliphatic heterocycles. The van der Waals surface area contributed by atoms with Crippen LogP contribution in [0.2, 0.25) is 5.02 Å². The van der Waals surface area contributed by atoms with Gasteiger partial charge in [-0.25, -0.2) is 4.79 Å². The number of benzene rings is 2. The largest absolute Gasteiger partial charge is 0.506 e. The van der Waals surface area contributed by atoms with Gasteiger partial charge in [0.1, 0.15) is 17.1 Å². The number of ether oxygens (including phenoxy) is 1. The first-order valence-corrected chi connectivity index (χ1v) is 8.05. The summed E-state index contributed by atoms with van der Waals surface area (Å²) in [6.45, 7) is 0. The summed E-state index contributed by atoms with van der Waals surface area (Å²) < 4.78 is 11.3. The molecule has 118 valence electrons. The van der Waals surface area contributed by atoms with E-state index >= 15 is 0 Å². The van der Waals surface area contributed by atoms with E-state index in [0.29, 0.717) is 22.1 Å². The van der Waals surface area contributed by atoms with Crippen molar-refractivity contribution in [2.45, 2.75) is 31.8 Å². The standard InChI is InChI=1S/C18H15ClO4/c19-15-8-13-12-6-5-11(22-10-3-1-2-4-10)7-14(12)18(21)23-17(13)9-16(15)20/h5-10,20H,1-4H2. The Morgan fingerprint density at radius 2 is 1.87 bits per heavy atom. The number of phenolic OH excluding ortho intramolecular Hbond substituents is 1. The van der Waals surface area contributed by atoms with E-state index in [9.17, 15) is 9.90 Å². The third kappa shape index (κ3) is 2.53. The molecule has 0 radical (unpaired) electrons.